The number of pyridine rings is 1. The van der Waals surface area contributed by atoms with Crippen molar-refractivity contribution in [2.75, 3.05) is 5.32 Å². The molecule has 3 heterocycles. The zero-order chi connectivity index (χ0) is 11.0. The van der Waals surface area contributed by atoms with Gasteiger partial charge in [0.1, 0.15) is 5.56 Å². The Morgan fingerprint density at radius 2 is 2.19 bits per heavy atom. The first kappa shape index (κ1) is 8.78. The van der Waals surface area contributed by atoms with E-state index >= 15 is 0 Å². The highest BCUT2D eigenvalue weighted by molar-refractivity contribution is 6.06. The van der Waals surface area contributed by atoms with Crippen LogP contribution in [0.5, 0.6) is 11.6 Å². The summed E-state index contributed by atoms with van der Waals surface area (Å²) in [6, 6.07) is 4.96. The Morgan fingerprint density at radius 3 is 3.12 bits per heavy atom. The van der Waals surface area contributed by atoms with Gasteiger partial charge in [0, 0.05) is 6.20 Å². The summed E-state index contributed by atoms with van der Waals surface area (Å²) in [5.41, 5.74) is 0.341. The summed E-state index contributed by atoms with van der Waals surface area (Å²) in [7, 11) is 0. The Bertz CT molecular complexity index is 570. The maximum Gasteiger partial charge on any atom is 0.262 e. The largest absolute Gasteiger partial charge is 0.433 e. The Morgan fingerprint density at radius 1 is 1.25 bits per heavy atom. The van der Waals surface area contributed by atoms with E-state index in [1.54, 1.807) is 24.4 Å². The summed E-state index contributed by atoms with van der Waals surface area (Å²) in [5, 5.41) is 10.1. The molecular formula is C10H6N4O2. The highest BCUT2D eigenvalue weighted by atomic mass is 16.5. The van der Waals surface area contributed by atoms with E-state index in [2.05, 4.69) is 20.5 Å². The van der Waals surface area contributed by atoms with Crippen LogP contribution in [-0.4, -0.2) is 21.1 Å². The van der Waals surface area contributed by atoms with Gasteiger partial charge in [-0.15, -0.1) is 5.10 Å². The molecule has 2 aromatic rings. The summed E-state index contributed by atoms with van der Waals surface area (Å²) in [5.74, 6) is 0.717. The fourth-order valence-electron chi connectivity index (χ4n) is 1.41. The molecule has 0 saturated heterocycles. The van der Waals surface area contributed by atoms with Crippen LogP contribution in [0.1, 0.15) is 10.4 Å². The number of hydrogen-bond acceptors (Lipinski definition) is 5. The number of ether oxygens (including phenoxy) is 1. The number of aromatic nitrogens is 3. The Kier molecular flexibility index (Phi) is 1.79. The van der Waals surface area contributed by atoms with Crippen LogP contribution in [-0.2, 0) is 0 Å². The lowest BCUT2D eigenvalue weighted by molar-refractivity contribution is 0.102. The Hall–Kier alpha value is -2.50. The number of rotatable bonds is 0. The summed E-state index contributed by atoms with van der Waals surface area (Å²) < 4.78 is 5.45. The molecule has 78 valence electrons. The molecule has 0 bridgehead atoms. The lowest BCUT2D eigenvalue weighted by atomic mass is 10.3. The minimum Gasteiger partial charge on any atom is -0.433 e. The van der Waals surface area contributed by atoms with Gasteiger partial charge in [0.2, 0.25) is 0 Å². The second kappa shape index (κ2) is 3.27. The number of amides is 1. The fourth-order valence-corrected chi connectivity index (χ4v) is 1.41. The van der Waals surface area contributed by atoms with Crippen molar-refractivity contribution in [3.63, 3.8) is 0 Å². The number of hydrogen-bond donors (Lipinski definition) is 1. The van der Waals surface area contributed by atoms with Crippen LogP contribution in [0.4, 0.5) is 5.82 Å². The molecule has 1 amide bonds. The standard InChI is InChI=1S/C10H6N4O2/c15-9-6-3-5-12-14-10(6)16-7-2-1-4-11-8(7)13-9/h1-5H,(H,11,13,15). The van der Waals surface area contributed by atoms with Crippen LogP contribution in [0.15, 0.2) is 30.6 Å². The topological polar surface area (TPSA) is 77.0 Å². The summed E-state index contributed by atoms with van der Waals surface area (Å²) >= 11 is 0. The minimum absolute atomic E-state index is 0.187. The lowest BCUT2D eigenvalue weighted by Gasteiger charge is -2.03. The summed E-state index contributed by atoms with van der Waals surface area (Å²) in [6.07, 6.45) is 3.01. The predicted molar refractivity (Wildman–Crippen MR) is 54.3 cm³/mol. The van der Waals surface area contributed by atoms with Gasteiger partial charge < -0.3 is 10.1 Å². The normalized spacial score (nSPS) is 12.9. The van der Waals surface area contributed by atoms with Crippen LogP contribution in [0.3, 0.4) is 0 Å². The van der Waals surface area contributed by atoms with E-state index in [1.807, 2.05) is 0 Å². The van der Waals surface area contributed by atoms with Gasteiger partial charge in [-0.2, -0.15) is 5.10 Å². The average molecular weight is 214 g/mol. The fraction of sp³-hybridized carbons (Fsp3) is 0. The molecule has 6 heteroatoms. The number of anilines is 1. The van der Waals surface area contributed by atoms with Crippen molar-refractivity contribution in [2.45, 2.75) is 0 Å². The van der Waals surface area contributed by atoms with Gasteiger partial charge in [0.25, 0.3) is 11.8 Å². The smallest absolute Gasteiger partial charge is 0.262 e. The zero-order valence-corrected chi connectivity index (χ0v) is 8.04. The van der Waals surface area contributed by atoms with Crippen molar-refractivity contribution in [2.24, 2.45) is 0 Å². The Balaban J connectivity index is 2.18. The first-order chi connectivity index (χ1) is 7.84. The second-order valence-corrected chi connectivity index (χ2v) is 3.16. The molecule has 0 fully saturated rings. The molecule has 2 aromatic heterocycles. The van der Waals surface area contributed by atoms with E-state index in [0.29, 0.717) is 17.1 Å². The van der Waals surface area contributed by atoms with Crippen molar-refractivity contribution in [1.82, 2.24) is 15.2 Å². The van der Waals surface area contributed by atoms with Crippen LogP contribution < -0.4 is 10.1 Å². The maximum absolute atomic E-state index is 11.8. The molecule has 0 radical (unpaired) electrons. The van der Waals surface area contributed by atoms with Crippen LogP contribution in [0.25, 0.3) is 0 Å². The van der Waals surface area contributed by atoms with E-state index in [9.17, 15) is 4.79 Å². The molecule has 0 aromatic carbocycles. The van der Waals surface area contributed by atoms with Gasteiger partial charge in [-0.3, -0.25) is 4.79 Å². The number of nitrogens with one attached hydrogen (secondary N) is 1. The van der Waals surface area contributed by atoms with Crippen molar-refractivity contribution in [1.29, 1.82) is 0 Å². The zero-order valence-electron chi connectivity index (χ0n) is 8.04. The molecule has 0 saturated carbocycles. The summed E-state index contributed by atoms with van der Waals surface area (Å²) in [6.45, 7) is 0. The first-order valence-corrected chi connectivity index (χ1v) is 4.60. The van der Waals surface area contributed by atoms with E-state index < -0.39 is 0 Å². The molecule has 0 unspecified atom stereocenters. The SMILES string of the molecule is O=C1Nc2ncccc2Oc2nnccc21. The molecular weight excluding hydrogens is 208 g/mol. The van der Waals surface area contributed by atoms with Gasteiger partial charge in [-0.05, 0) is 18.2 Å². The van der Waals surface area contributed by atoms with E-state index in [0.717, 1.165) is 0 Å². The van der Waals surface area contributed by atoms with Gasteiger partial charge in [-0.1, -0.05) is 0 Å². The molecule has 0 atom stereocenters. The van der Waals surface area contributed by atoms with Crippen molar-refractivity contribution < 1.29 is 9.53 Å². The monoisotopic (exact) mass is 214 g/mol. The number of carbonyl (C=O) groups is 1. The quantitative estimate of drug-likeness (QED) is 0.713. The van der Waals surface area contributed by atoms with Gasteiger partial charge in [0.05, 0.1) is 6.20 Å². The second-order valence-electron chi connectivity index (χ2n) is 3.16. The molecule has 3 rings (SSSR count). The third-order valence-corrected chi connectivity index (χ3v) is 2.14. The number of nitrogens with zero attached hydrogens (tertiary/aromatic N) is 3. The maximum atomic E-state index is 11.8. The highest BCUT2D eigenvalue weighted by Crippen LogP contribution is 2.31. The van der Waals surface area contributed by atoms with Gasteiger partial charge >= 0.3 is 0 Å². The molecule has 1 aliphatic heterocycles. The van der Waals surface area contributed by atoms with E-state index in [-0.39, 0.29) is 11.8 Å². The Labute approximate surface area is 90.3 Å². The molecule has 1 aliphatic rings. The van der Waals surface area contributed by atoms with Gasteiger partial charge in [-0.25, -0.2) is 4.98 Å². The van der Waals surface area contributed by atoms with Crippen LogP contribution >= 0.6 is 0 Å². The third-order valence-electron chi connectivity index (χ3n) is 2.14. The highest BCUT2D eigenvalue weighted by Gasteiger charge is 2.22. The van der Waals surface area contributed by atoms with Crippen molar-refractivity contribution in [3.05, 3.63) is 36.2 Å². The van der Waals surface area contributed by atoms with Gasteiger partial charge in [0.15, 0.2) is 11.6 Å². The third kappa shape index (κ3) is 1.28. The molecule has 0 aliphatic carbocycles. The number of carbonyl (C=O) groups excluding carboxylic acids is 1. The first-order valence-electron chi connectivity index (χ1n) is 4.60. The predicted octanol–water partition coefficient (Wildman–Crippen LogP) is 1.23. The van der Waals surface area contributed by atoms with Crippen LogP contribution in [0, 0.1) is 0 Å². The molecule has 0 spiro atoms. The van der Waals surface area contributed by atoms with Crippen molar-refractivity contribution >= 4 is 11.7 Å². The van der Waals surface area contributed by atoms with Crippen LogP contribution in [0.2, 0.25) is 0 Å². The molecule has 16 heavy (non-hydrogen) atoms. The minimum atomic E-state index is -0.303. The number of fused-ring (bicyclic) bond motifs is 2. The molecule has 1 N–H and O–H groups in total. The van der Waals surface area contributed by atoms with E-state index in [1.165, 1.54) is 6.20 Å². The average Bonchev–Trinajstić information content (AvgIpc) is 2.45. The lowest BCUT2D eigenvalue weighted by Crippen LogP contribution is -2.11. The molecule has 6 nitrogen and oxygen atoms in total. The van der Waals surface area contributed by atoms with E-state index in [4.69, 9.17) is 4.74 Å². The van der Waals surface area contributed by atoms with Crippen molar-refractivity contribution in [3.8, 4) is 11.6 Å². The summed E-state index contributed by atoms with van der Waals surface area (Å²) in [4.78, 5) is 15.8.